The summed E-state index contributed by atoms with van der Waals surface area (Å²) in [7, 11) is 4.07. The van der Waals surface area contributed by atoms with Crippen LogP contribution in [0.1, 0.15) is 46.4 Å². The Bertz CT molecular complexity index is 640. The Morgan fingerprint density at radius 1 is 1.21 bits per heavy atom. The Labute approximate surface area is 152 Å². The van der Waals surface area contributed by atoms with Crippen LogP contribution in [0.2, 0.25) is 0 Å². The summed E-state index contributed by atoms with van der Waals surface area (Å²) < 4.78 is 0. The Morgan fingerprint density at radius 2 is 1.75 bits per heavy atom. The lowest BCUT2D eigenvalue weighted by Gasteiger charge is -2.13. The monoisotopic (exact) mass is 347 g/mol. The fraction of sp³-hybridized carbons (Fsp3) is 0.400. The van der Waals surface area contributed by atoms with Crippen LogP contribution in [-0.4, -0.2) is 25.3 Å². The van der Waals surface area contributed by atoms with E-state index in [2.05, 4.69) is 34.6 Å². The summed E-state index contributed by atoms with van der Waals surface area (Å²) in [5.41, 5.74) is 3.16. The minimum Gasteiger partial charge on any atom is -0.377 e. The van der Waals surface area contributed by atoms with E-state index in [1.807, 2.05) is 74.1 Å². The summed E-state index contributed by atoms with van der Waals surface area (Å²) >= 11 is 1.65. The van der Waals surface area contributed by atoms with Crippen LogP contribution in [0.15, 0.2) is 37.0 Å². The highest BCUT2D eigenvalue weighted by molar-refractivity contribution is 7.20. The van der Waals surface area contributed by atoms with Crippen molar-refractivity contribution in [1.82, 2.24) is 4.98 Å². The molecule has 0 aromatic carbocycles. The first-order chi connectivity index (χ1) is 11.6. The highest BCUT2D eigenvalue weighted by atomic mass is 32.1. The van der Waals surface area contributed by atoms with E-state index in [-0.39, 0.29) is 0 Å². The quantitative estimate of drug-likeness (QED) is 0.443. The minimum atomic E-state index is 0.988. The lowest BCUT2D eigenvalue weighted by atomic mass is 10.1. The Morgan fingerprint density at radius 3 is 2.17 bits per heavy atom. The van der Waals surface area contributed by atoms with Crippen LogP contribution >= 0.6 is 11.3 Å². The Balaban J connectivity index is 0. The number of rotatable bonds is 3. The van der Waals surface area contributed by atoms with E-state index in [0.717, 1.165) is 32.0 Å². The third-order valence-corrected chi connectivity index (χ3v) is 3.92. The third kappa shape index (κ3) is 5.93. The van der Waals surface area contributed by atoms with E-state index in [1.165, 1.54) is 0 Å². The van der Waals surface area contributed by atoms with Gasteiger partial charge in [0.2, 0.25) is 0 Å². The van der Waals surface area contributed by atoms with E-state index in [1.54, 1.807) is 11.3 Å². The number of allylic oxidation sites excluding steroid dienone is 1. The van der Waals surface area contributed by atoms with Gasteiger partial charge in [-0.25, -0.2) is 4.98 Å². The molecule has 2 rings (SSSR count). The van der Waals surface area contributed by atoms with Gasteiger partial charge in [-0.2, -0.15) is 0 Å². The molecule has 0 aliphatic heterocycles. The van der Waals surface area contributed by atoms with Crippen LogP contribution in [0.3, 0.4) is 0 Å². The fourth-order valence-corrected chi connectivity index (χ4v) is 2.94. The lowest BCUT2D eigenvalue weighted by Crippen LogP contribution is -2.08. The van der Waals surface area contributed by atoms with Gasteiger partial charge in [-0.15, -0.1) is 24.5 Å². The maximum absolute atomic E-state index is 4.52. The van der Waals surface area contributed by atoms with Crippen molar-refractivity contribution >= 4 is 44.7 Å². The molecule has 0 bridgehead atoms. The topological polar surface area (TPSA) is 28.5 Å². The number of fused-ring (bicyclic) bond motifs is 1. The van der Waals surface area contributed by atoms with Crippen molar-refractivity contribution in [2.45, 2.75) is 41.5 Å². The molecule has 24 heavy (non-hydrogen) atoms. The van der Waals surface area contributed by atoms with Gasteiger partial charge in [0.05, 0.1) is 21.6 Å². The molecule has 4 heteroatoms. The number of hydrogen-bond acceptors (Lipinski definition) is 4. The molecule has 0 radical (unpaired) electrons. The van der Waals surface area contributed by atoms with Crippen LogP contribution in [0, 0.1) is 0 Å². The summed E-state index contributed by atoms with van der Waals surface area (Å²) in [6, 6.07) is 2.02. The SMILES string of the molecule is C=C.C=C(C)c1sc2nccc(N(C)C)c2c1N=CC.CC.CC. The first-order valence-electron chi connectivity index (χ1n) is 8.29. The number of aliphatic imine (C=N–C) groups is 1. The largest absolute Gasteiger partial charge is 0.377 e. The average Bonchev–Trinajstić information content (AvgIpc) is 2.99. The van der Waals surface area contributed by atoms with Crippen molar-refractivity contribution in [1.29, 1.82) is 0 Å². The molecule has 2 aromatic rings. The van der Waals surface area contributed by atoms with Gasteiger partial charge < -0.3 is 4.90 Å². The number of hydrogen-bond donors (Lipinski definition) is 0. The molecule has 2 aromatic heterocycles. The molecule has 0 unspecified atom stereocenters. The molecule has 134 valence electrons. The lowest BCUT2D eigenvalue weighted by molar-refractivity contribution is 1.14. The van der Waals surface area contributed by atoms with E-state index >= 15 is 0 Å². The molecule has 0 aliphatic rings. The van der Waals surface area contributed by atoms with Crippen molar-refractivity contribution < 1.29 is 0 Å². The van der Waals surface area contributed by atoms with Gasteiger partial charge >= 0.3 is 0 Å². The van der Waals surface area contributed by atoms with E-state index in [9.17, 15) is 0 Å². The highest BCUT2D eigenvalue weighted by Crippen LogP contribution is 2.44. The summed E-state index contributed by atoms with van der Waals surface area (Å²) in [6.07, 6.45) is 3.66. The van der Waals surface area contributed by atoms with E-state index < -0.39 is 0 Å². The van der Waals surface area contributed by atoms with Gasteiger partial charge in [0.25, 0.3) is 0 Å². The standard InChI is InChI=1S/C14H17N3S.2C2H6.C2H4/c1-6-15-12-11-10(17(4)5)7-8-16-14(11)18-13(12)9(2)3;3*1-2/h6-8H,2H2,1,3-5H3;2*1-2H3;1-2H2. The maximum Gasteiger partial charge on any atom is 0.128 e. The molecular weight excluding hydrogens is 314 g/mol. The summed E-state index contributed by atoms with van der Waals surface area (Å²) in [5, 5.41) is 1.11. The Kier molecular flexibility index (Phi) is 13.7. The van der Waals surface area contributed by atoms with Crippen LogP contribution < -0.4 is 4.90 Å². The summed E-state index contributed by atoms with van der Waals surface area (Å²) in [5.74, 6) is 0. The molecule has 0 aliphatic carbocycles. The van der Waals surface area contributed by atoms with Crippen LogP contribution in [0.25, 0.3) is 15.8 Å². The number of thiophene rings is 1. The van der Waals surface area contributed by atoms with Crippen molar-refractivity contribution in [2.75, 3.05) is 19.0 Å². The summed E-state index contributed by atoms with van der Waals surface area (Å²) in [4.78, 5) is 13.2. The van der Waals surface area contributed by atoms with Gasteiger partial charge in [-0.05, 0) is 25.5 Å². The molecule has 2 heterocycles. The average molecular weight is 348 g/mol. The van der Waals surface area contributed by atoms with Gasteiger partial charge in [0.15, 0.2) is 0 Å². The maximum atomic E-state index is 4.52. The Hall–Kier alpha value is -1.94. The second-order valence-electron chi connectivity index (χ2n) is 4.35. The smallest absolute Gasteiger partial charge is 0.128 e. The normalized spacial score (nSPS) is 9.17. The van der Waals surface area contributed by atoms with Crippen molar-refractivity contribution in [3.8, 4) is 0 Å². The van der Waals surface area contributed by atoms with Crippen molar-refractivity contribution in [2.24, 2.45) is 4.99 Å². The zero-order valence-corrected chi connectivity index (χ0v) is 17.4. The van der Waals surface area contributed by atoms with Crippen LogP contribution in [0.5, 0.6) is 0 Å². The first kappa shape index (κ1) is 24.3. The predicted octanol–water partition coefficient (Wildman–Crippen LogP) is 6.97. The molecule has 0 amide bonds. The molecule has 0 spiro atoms. The molecule has 3 nitrogen and oxygen atoms in total. The molecular formula is C20H33N3S. The fourth-order valence-electron chi connectivity index (χ4n) is 1.91. The predicted molar refractivity (Wildman–Crippen MR) is 116 cm³/mol. The highest BCUT2D eigenvalue weighted by Gasteiger charge is 2.16. The van der Waals surface area contributed by atoms with Gasteiger partial charge in [-0.3, -0.25) is 4.99 Å². The van der Waals surface area contributed by atoms with Crippen LogP contribution in [0.4, 0.5) is 11.4 Å². The molecule has 0 saturated carbocycles. The van der Waals surface area contributed by atoms with Crippen molar-refractivity contribution in [3.63, 3.8) is 0 Å². The number of nitrogens with zero attached hydrogens (tertiary/aromatic N) is 3. The molecule has 0 atom stereocenters. The third-order valence-electron chi connectivity index (χ3n) is 2.67. The number of aromatic nitrogens is 1. The van der Waals surface area contributed by atoms with Gasteiger partial charge in [0.1, 0.15) is 4.83 Å². The van der Waals surface area contributed by atoms with Crippen molar-refractivity contribution in [3.05, 3.63) is 36.9 Å². The number of anilines is 1. The minimum absolute atomic E-state index is 0.988. The second kappa shape index (κ2) is 13.5. The zero-order chi connectivity index (χ0) is 19.3. The van der Waals surface area contributed by atoms with Gasteiger partial charge in [0, 0.05) is 26.5 Å². The van der Waals surface area contributed by atoms with E-state index in [4.69, 9.17) is 0 Å². The number of pyridine rings is 1. The second-order valence-corrected chi connectivity index (χ2v) is 5.35. The zero-order valence-electron chi connectivity index (χ0n) is 16.6. The first-order valence-corrected chi connectivity index (χ1v) is 9.11. The van der Waals surface area contributed by atoms with Gasteiger partial charge in [-0.1, -0.05) is 34.3 Å². The van der Waals surface area contributed by atoms with Crippen LogP contribution in [-0.2, 0) is 0 Å². The molecule has 0 fully saturated rings. The molecule has 0 saturated heterocycles. The summed E-state index contributed by atoms with van der Waals surface area (Å²) in [6.45, 7) is 22.0. The molecule has 0 N–H and O–H groups in total. The van der Waals surface area contributed by atoms with E-state index in [0.29, 0.717) is 0 Å².